The maximum Gasteiger partial charge on any atom is 0.308 e. The van der Waals surface area contributed by atoms with Gasteiger partial charge in [-0.2, -0.15) is 0 Å². The van der Waals surface area contributed by atoms with Crippen molar-refractivity contribution in [2.45, 2.75) is 104 Å². The van der Waals surface area contributed by atoms with Crippen LogP contribution in [0.2, 0.25) is 0 Å². The molecular weight excluding hydrogens is 288 g/mol. The predicted octanol–water partition coefficient (Wildman–Crippen LogP) is 5.90. The van der Waals surface area contributed by atoms with E-state index in [1.54, 1.807) is 0 Å². The van der Waals surface area contributed by atoms with E-state index in [-0.39, 0.29) is 11.9 Å². The van der Waals surface area contributed by atoms with Crippen LogP contribution in [-0.4, -0.2) is 25.3 Å². The third kappa shape index (κ3) is 13.6. The highest BCUT2D eigenvalue weighted by molar-refractivity contribution is 5.71. The quantitative estimate of drug-likeness (QED) is 0.261. The molecule has 1 unspecified atom stereocenters. The first-order valence-electron chi connectivity index (χ1n) is 9.93. The van der Waals surface area contributed by atoms with Crippen molar-refractivity contribution in [3.05, 3.63) is 0 Å². The zero-order valence-electron chi connectivity index (χ0n) is 16.1. The molecule has 138 valence electrons. The summed E-state index contributed by atoms with van der Waals surface area (Å²) in [6, 6.07) is 0. The average molecular weight is 329 g/mol. The van der Waals surface area contributed by atoms with Crippen molar-refractivity contribution < 1.29 is 14.3 Å². The van der Waals surface area contributed by atoms with E-state index in [1.807, 2.05) is 13.8 Å². The van der Waals surface area contributed by atoms with Gasteiger partial charge in [-0.1, -0.05) is 72.1 Å². The molecule has 0 saturated heterocycles. The minimum atomic E-state index is -0.0989. The second-order valence-corrected chi connectivity index (χ2v) is 6.63. The lowest BCUT2D eigenvalue weighted by Crippen LogP contribution is -2.19. The fraction of sp³-hybridized carbons (Fsp3) is 0.950. The lowest BCUT2D eigenvalue weighted by Gasteiger charge is -2.19. The molecule has 0 aliphatic carbocycles. The second-order valence-electron chi connectivity index (χ2n) is 6.63. The minimum absolute atomic E-state index is 0.0594. The van der Waals surface area contributed by atoms with Crippen molar-refractivity contribution in [3.63, 3.8) is 0 Å². The Morgan fingerprint density at radius 3 is 2.00 bits per heavy atom. The molecule has 3 nitrogen and oxygen atoms in total. The number of unbranched alkanes of at least 4 members (excludes halogenated alkanes) is 6. The van der Waals surface area contributed by atoms with Crippen LogP contribution >= 0.6 is 0 Å². The Kier molecular flexibility index (Phi) is 15.9. The highest BCUT2D eigenvalue weighted by atomic mass is 16.5. The smallest absolute Gasteiger partial charge is 0.308 e. The van der Waals surface area contributed by atoms with Crippen molar-refractivity contribution in [2.24, 2.45) is 5.92 Å². The molecule has 3 heteroatoms. The summed E-state index contributed by atoms with van der Waals surface area (Å²) < 4.78 is 11.1. The molecule has 0 bridgehead atoms. The zero-order chi connectivity index (χ0) is 17.3. The van der Waals surface area contributed by atoms with Crippen LogP contribution in [0.3, 0.4) is 0 Å². The molecule has 0 amide bonds. The monoisotopic (exact) mass is 328 g/mol. The fourth-order valence-electron chi connectivity index (χ4n) is 2.72. The maximum absolute atomic E-state index is 11.6. The van der Waals surface area contributed by atoms with Crippen LogP contribution in [0.25, 0.3) is 0 Å². The summed E-state index contributed by atoms with van der Waals surface area (Å²) in [6.45, 7) is 9.40. The number of hydrogen-bond donors (Lipinski definition) is 0. The molecule has 0 N–H and O–H groups in total. The third-order valence-corrected chi connectivity index (χ3v) is 4.35. The topological polar surface area (TPSA) is 35.5 Å². The molecule has 0 heterocycles. The van der Waals surface area contributed by atoms with Crippen molar-refractivity contribution in [1.82, 2.24) is 0 Å². The van der Waals surface area contributed by atoms with Gasteiger partial charge in [-0.3, -0.25) is 4.79 Å². The summed E-state index contributed by atoms with van der Waals surface area (Å²) in [7, 11) is 0. The lowest BCUT2D eigenvalue weighted by atomic mass is 10.0. The number of hydrogen-bond acceptors (Lipinski definition) is 3. The molecule has 0 saturated carbocycles. The van der Waals surface area contributed by atoms with Gasteiger partial charge in [-0.25, -0.2) is 0 Å². The Hall–Kier alpha value is -0.570. The molecule has 0 aliphatic rings. The Morgan fingerprint density at radius 2 is 1.39 bits per heavy atom. The van der Waals surface area contributed by atoms with Gasteiger partial charge in [0.15, 0.2) is 0 Å². The Morgan fingerprint density at radius 1 is 0.826 bits per heavy atom. The van der Waals surface area contributed by atoms with Crippen LogP contribution in [0.15, 0.2) is 0 Å². The van der Waals surface area contributed by atoms with Gasteiger partial charge in [0.05, 0.1) is 18.6 Å². The SMILES string of the molecule is CCCCCCCC(CCCCC)OCC[C@H](C)C(=O)OCC. The highest BCUT2D eigenvalue weighted by Crippen LogP contribution is 2.16. The molecule has 2 atom stereocenters. The van der Waals surface area contributed by atoms with Crippen LogP contribution in [0, 0.1) is 5.92 Å². The summed E-state index contributed by atoms with van der Waals surface area (Å²) >= 11 is 0. The van der Waals surface area contributed by atoms with E-state index >= 15 is 0 Å². The van der Waals surface area contributed by atoms with Crippen LogP contribution in [0.5, 0.6) is 0 Å². The number of rotatable bonds is 16. The van der Waals surface area contributed by atoms with Crippen LogP contribution in [0.1, 0.15) is 98.3 Å². The van der Waals surface area contributed by atoms with Crippen molar-refractivity contribution in [3.8, 4) is 0 Å². The normalized spacial score (nSPS) is 13.7. The van der Waals surface area contributed by atoms with Crippen LogP contribution < -0.4 is 0 Å². The summed E-state index contributed by atoms with van der Waals surface area (Å²) in [4.78, 5) is 11.6. The molecule has 0 aromatic carbocycles. The molecular formula is C20H40O3. The van der Waals surface area contributed by atoms with E-state index in [9.17, 15) is 4.79 Å². The summed E-state index contributed by atoms with van der Waals surface area (Å²) in [5.74, 6) is -0.158. The third-order valence-electron chi connectivity index (χ3n) is 4.35. The number of carbonyl (C=O) groups excluding carboxylic acids is 1. The van der Waals surface area contributed by atoms with E-state index in [0.29, 0.717) is 19.3 Å². The van der Waals surface area contributed by atoms with E-state index < -0.39 is 0 Å². The molecule has 23 heavy (non-hydrogen) atoms. The predicted molar refractivity (Wildman–Crippen MR) is 97.7 cm³/mol. The van der Waals surface area contributed by atoms with Gasteiger partial charge in [-0.15, -0.1) is 0 Å². The highest BCUT2D eigenvalue weighted by Gasteiger charge is 2.15. The molecule has 0 fully saturated rings. The zero-order valence-corrected chi connectivity index (χ0v) is 16.1. The first-order chi connectivity index (χ1) is 11.2. The van der Waals surface area contributed by atoms with Crippen molar-refractivity contribution in [1.29, 1.82) is 0 Å². The van der Waals surface area contributed by atoms with E-state index in [1.165, 1.54) is 57.8 Å². The summed E-state index contributed by atoms with van der Waals surface area (Å²) in [5, 5.41) is 0. The van der Waals surface area contributed by atoms with Gasteiger partial charge in [0, 0.05) is 6.61 Å². The largest absolute Gasteiger partial charge is 0.466 e. The molecule has 0 rings (SSSR count). The molecule has 0 aliphatic heterocycles. The van der Waals surface area contributed by atoms with Gasteiger partial charge in [0.25, 0.3) is 0 Å². The Balaban J connectivity index is 3.96. The van der Waals surface area contributed by atoms with Crippen molar-refractivity contribution in [2.75, 3.05) is 13.2 Å². The Labute approximate surface area is 144 Å². The number of ether oxygens (including phenoxy) is 2. The standard InChI is InChI=1S/C20H40O3/c1-5-8-10-11-13-15-19(14-12-9-6-2)23-17-16-18(4)20(21)22-7-3/h18-19H,5-17H2,1-4H3/t18-,19?/m0/s1. The average Bonchev–Trinajstić information content (AvgIpc) is 2.54. The van der Waals surface area contributed by atoms with Crippen LogP contribution in [0.4, 0.5) is 0 Å². The summed E-state index contributed by atoms with van der Waals surface area (Å²) in [6.07, 6.45) is 13.8. The lowest BCUT2D eigenvalue weighted by molar-refractivity contribution is -0.148. The number of esters is 1. The van der Waals surface area contributed by atoms with Crippen molar-refractivity contribution >= 4 is 5.97 Å². The van der Waals surface area contributed by atoms with Gasteiger partial charge in [0.1, 0.15) is 0 Å². The van der Waals surface area contributed by atoms with Gasteiger partial charge in [-0.05, 0) is 26.2 Å². The maximum atomic E-state index is 11.6. The molecule has 0 radical (unpaired) electrons. The Bertz CT molecular complexity index is 266. The second kappa shape index (κ2) is 16.3. The molecule has 0 aromatic heterocycles. The van der Waals surface area contributed by atoms with Gasteiger partial charge >= 0.3 is 5.97 Å². The van der Waals surface area contributed by atoms with Crippen LogP contribution in [-0.2, 0) is 14.3 Å². The van der Waals surface area contributed by atoms with Gasteiger partial charge in [0.2, 0.25) is 0 Å². The molecule has 0 spiro atoms. The van der Waals surface area contributed by atoms with E-state index in [4.69, 9.17) is 9.47 Å². The minimum Gasteiger partial charge on any atom is -0.466 e. The van der Waals surface area contributed by atoms with E-state index in [2.05, 4.69) is 13.8 Å². The fourth-order valence-corrected chi connectivity index (χ4v) is 2.72. The summed E-state index contributed by atoms with van der Waals surface area (Å²) in [5.41, 5.74) is 0. The van der Waals surface area contributed by atoms with E-state index in [0.717, 1.165) is 12.8 Å². The van der Waals surface area contributed by atoms with Gasteiger partial charge < -0.3 is 9.47 Å². The molecule has 0 aromatic rings. The first-order valence-corrected chi connectivity index (χ1v) is 9.93. The first kappa shape index (κ1) is 22.4. The number of carbonyl (C=O) groups is 1.